The Bertz CT molecular complexity index is 513. The van der Waals surface area contributed by atoms with Gasteiger partial charge in [-0.25, -0.2) is 0 Å². The molecule has 0 radical (unpaired) electrons. The zero-order valence-electron chi connectivity index (χ0n) is 20.9. The number of nitrogens with zero attached hydrogens (tertiary/aromatic N) is 2. The third-order valence-corrected chi connectivity index (χ3v) is 8.24. The van der Waals surface area contributed by atoms with Crippen molar-refractivity contribution in [1.82, 2.24) is 9.80 Å². The Morgan fingerprint density at radius 2 is 0.893 bits per heavy atom. The van der Waals surface area contributed by atoms with E-state index in [1.807, 2.05) is 0 Å². The van der Waals surface area contributed by atoms with Crippen molar-refractivity contribution in [3.05, 3.63) is 0 Å². The van der Waals surface area contributed by atoms with Gasteiger partial charge in [0, 0.05) is 37.3 Å². The zero-order chi connectivity index (χ0) is 21.1. The van der Waals surface area contributed by atoms with Gasteiger partial charge >= 0.3 is 0 Å². The molecule has 2 heteroatoms. The van der Waals surface area contributed by atoms with Gasteiger partial charge in [0.25, 0.3) is 0 Å². The summed E-state index contributed by atoms with van der Waals surface area (Å²) in [6, 6.07) is 3.19. The molecular weight excluding hydrogens is 340 g/mol. The topological polar surface area (TPSA) is 6.48 Å². The molecule has 0 N–H and O–H groups in total. The molecule has 0 aromatic carbocycles. The Morgan fingerprint density at radius 3 is 1.18 bits per heavy atom. The summed E-state index contributed by atoms with van der Waals surface area (Å²) in [5.74, 6) is 0. The molecule has 2 nitrogen and oxygen atoms in total. The van der Waals surface area contributed by atoms with Crippen LogP contribution in [0, 0.1) is 21.7 Å². The van der Waals surface area contributed by atoms with Crippen molar-refractivity contribution in [1.29, 1.82) is 0 Å². The van der Waals surface area contributed by atoms with Gasteiger partial charge in [0.2, 0.25) is 0 Å². The predicted octanol–water partition coefficient (Wildman–Crippen LogP) is 6.59. The summed E-state index contributed by atoms with van der Waals surface area (Å²) in [7, 11) is 0. The lowest BCUT2D eigenvalue weighted by Gasteiger charge is -2.40. The Morgan fingerprint density at radius 1 is 0.571 bits per heavy atom. The second kappa shape index (κ2) is 7.26. The van der Waals surface area contributed by atoms with Gasteiger partial charge in [-0.3, -0.25) is 9.80 Å². The molecule has 2 aliphatic carbocycles. The molecule has 2 heterocycles. The van der Waals surface area contributed by atoms with Crippen LogP contribution in [0.5, 0.6) is 0 Å². The van der Waals surface area contributed by atoms with Crippen molar-refractivity contribution in [2.75, 3.05) is 13.1 Å². The fourth-order valence-electron chi connectivity index (χ4n) is 8.22. The lowest BCUT2D eigenvalue weighted by molar-refractivity contribution is 0.121. The maximum atomic E-state index is 2.73. The number of hydrogen-bond donors (Lipinski definition) is 0. The molecule has 0 amide bonds. The van der Waals surface area contributed by atoms with E-state index >= 15 is 0 Å². The summed E-state index contributed by atoms with van der Waals surface area (Å²) >= 11 is 0. The highest BCUT2D eigenvalue weighted by atomic mass is 15.2. The lowest BCUT2D eigenvalue weighted by Crippen LogP contribution is -2.37. The van der Waals surface area contributed by atoms with Crippen LogP contribution < -0.4 is 0 Å². The first-order valence-electron chi connectivity index (χ1n) is 12.1. The van der Waals surface area contributed by atoms with Crippen molar-refractivity contribution in [3.63, 3.8) is 0 Å². The average Bonchev–Trinajstić information content (AvgIpc) is 2.87. The molecule has 0 spiro atoms. The molecule has 2 aliphatic heterocycles. The van der Waals surface area contributed by atoms with E-state index in [2.05, 4.69) is 79.0 Å². The summed E-state index contributed by atoms with van der Waals surface area (Å²) < 4.78 is 0. The van der Waals surface area contributed by atoms with Crippen LogP contribution in [0.2, 0.25) is 0 Å². The molecule has 28 heavy (non-hydrogen) atoms. The second-order valence-electron chi connectivity index (χ2n) is 14.0. The van der Waals surface area contributed by atoms with E-state index in [-0.39, 0.29) is 0 Å². The molecule has 4 rings (SSSR count). The summed E-state index contributed by atoms with van der Waals surface area (Å²) in [4.78, 5) is 5.46. The highest BCUT2D eigenvalue weighted by Gasteiger charge is 2.50. The van der Waals surface area contributed by atoms with Crippen LogP contribution in [0.15, 0.2) is 0 Å². The van der Waals surface area contributed by atoms with Crippen LogP contribution in [-0.4, -0.2) is 47.1 Å². The molecule has 0 aromatic rings. The largest absolute Gasteiger partial charge is 0.297 e. The monoisotopic (exact) mass is 390 g/mol. The van der Waals surface area contributed by atoms with E-state index < -0.39 is 0 Å². The first kappa shape index (κ1) is 22.6. The highest BCUT2D eigenvalue weighted by Crippen LogP contribution is 2.53. The maximum absolute atomic E-state index is 2.73. The van der Waals surface area contributed by atoms with E-state index in [4.69, 9.17) is 0 Å². The first-order valence-corrected chi connectivity index (χ1v) is 12.1. The van der Waals surface area contributed by atoms with Gasteiger partial charge in [-0.15, -0.1) is 0 Å². The lowest BCUT2D eigenvalue weighted by atomic mass is 9.65. The number of rotatable bonds is 2. The average molecular weight is 391 g/mol. The van der Waals surface area contributed by atoms with Crippen molar-refractivity contribution in [2.24, 2.45) is 21.7 Å². The van der Waals surface area contributed by atoms with Crippen molar-refractivity contribution in [2.45, 2.75) is 132 Å². The minimum absolute atomic E-state index is 0.571. The Kier molecular flexibility index (Phi) is 5.86. The van der Waals surface area contributed by atoms with Crippen molar-refractivity contribution >= 4 is 0 Å². The van der Waals surface area contributed by atoms with Gasteiger partial charge in [0.15, 0.2) is 0 Å². The third kappa shape index (κ3) is 4.80. The molecule has 4 fully saturated rings. The number of fused-ring (bicyclic) bond motifs is 4. The fraction of sp³-hybridized carbons (Fsp3) is 1.00. The molecular formula is C26H50N2. The van der Waals surface area contributed by atoms with Gasteiger partial charge in [-0.2, -0.15) is 0 Å². The van der Waals surface area contributed by atoms with E-state index in [1.54, 1.807) is 0 Å². The van der Waals surface area contributed by atoms with Crippen LogP contribution in [0.25, 0.3) is 0 Å². The Labute approximate surface area is 176 Å². The van der Waals surface area contributed by atoms with Crippen LogP contribution in [0.1, 0.15) is 108 Å². The van der Waals surface area contributed by atoms with Crippen LogP contribution in [0.4, 0.5) is 0 Å². The molecule has 2 saturated heterocycles. The zero-order valence-corrected chi connectivity index (χ0v) is 20.9. The molecule has 4 atom stereocenters. The van der Waals surface area contributed by atoms with Gasteiger partial charge < -0.3 is 0 Å². The van der Waals surface area contributed by atoms with Crippen molar-refractivity contribution in [3.8, 4) is 0 Å². The van der Waals surface area contributed by atoms with E-state index in [9.17, 15) is 0 Å². The maximum Gasteiger partial charge on any atom is 0.0109 e. The first-order chi connectivity index (χ1) is 12.6. The van der Waals surface area contributed by atoms with Crippen LogP contribution in [-0.2, 0) is 0 Å². The Balaban J connectivity index is 0.000000161. The van der Waals surface area contributed by atoms with Crippen LogP contribution >= 0.6 is 0 Å². The SMILES string of the molecule is CC(C)N1C[C@@]2(C)C[C@@H]1CC(C)(C)C2.CC(C)N1C[C@]2(C)C[C@H]1CC(C)(C)C2. The molecule has 164 valence electrons. The van der Waals surface area contributed by atoms with Gasteiger partial charge in [0.05, 0.1) is 0 Å². The standard InChI is InChI=1S/2C13H25N/c2*1-10(2)14-9-13(5)7-11(14)6-12(3,4)8-13/h2*10-11H,6-9H2,1-5H3/t2*11-,13-/m10/s1. The van der Waals surface area contributed by atoms with Crippen LogP contribution in [0.3, 0.4) is 0 Å². The quantitative estimate of drug-likeness (QED) is 0.524. The summed E-state index contributed by atoms with van der Waals surface area (Å²) in [5, 5.41) is 0. The van der Waals surface area contributed by atoms with Gasteiger partial charge in [0.1, 0.15) is 0 Å². The Hall–Kier alpha value is -0.0800. The van der Waals surface area contributed by atoms with E-state index in [1.165, 1.54) is 51.6 Å². The summed E-state index contributed by atoms with van der Waals surface area (Å²) in [6.45, 7) is 26.8. The minimum atomic E-state index is 0.571. The predicted molar refractivity (Wildman–Crippen MR) is 123 cm³/mol. The summed E-state index contributed by atoms with van der Waals surface area (Å²) in [5.41, 5.74) is 2.36. The third-order valence-electron chi connectivity index (χ3n) is 8.24. The second-order valence-corrected chi connectivity index (χ2v) is 14.0. The smallest absolute Gasteiger partial charge is 0.0109 e. The highest BCUT2D eigenvalue weighted by molar-refractivity contribution is 5.04. The van der Waals surface area contributed by atoms with Gasteiger partial charge in [-0.1, -0.05) is 41.5 Å². The molecule has 4 aliphatic rings. The van der Waals surface area contributed by atoms with Gasteiger partial charge in [-0.05, 0) is 87.9 Å². The molecule has 2 saturated carbocycles. The number of hydrogen-bond acceptors (Lipinski definition) is 2. The van der Waals surface area contributed by atoms with E-state index in [0.29, 0.717) is 21.7 Å². The molecule has 4 bridgehead atoms. The number of likely N-dealkylation sites (tertiary alicyclic amines) is 2. The fourth-order valence-corrected chi connectivity index (χ4v) is 8.22. The summed E-state index contributed by atoms with van der Waals surface area (Å²) in [6.07, 6.45) is 8.52. The normalized spacial score (nSPS) is 42.0. The van der Waals surface area contributed by atoms with E-state index in [0.717, 1.165) is 24.2 Å². The molecule has 0 unspecified atom stereocenters. The molecule has 0 aromatic heterocycles. The van der Waals surface area contributed by atoms with Crippen molar-refractivity contribution < 1.29 is 0 Å². The minimum Gasteiger partial charge on any atom is -0.297 e.